The second-order valence-electron chi connectivity index (χ2n) is 5.91. The van der Waals surface area contributed by atoms with E-state index in [4.69, 9.17) is 9.26 Å². The van der Waals surface area contributed by atoms with Gasteiger partial charge in [-0.3, -0.25) is 0 Å². The van der Waals surface area contributed by atoms with Gasteiger partial charge in [0.2, 0.25) is 5.71 Å². The van der Waals surface area contributed by atoms with Crippen LogP contribution >= 0.6 is 0 Å². The Morgan fingerprint density at radius 1 is 1.05 bits per heavy atom. The van der Waals surface area contributed by atoms with Crippen LogP contribution in [0.1, 0.15) is 27.7 Å². The van der Waals surface area contributed by atoms with E-state index in [1.54, 1.807) is 6.92 Å². The molecule has 0 amide bonds. The van der Waals surface area contributed by atoms with Crippen LogP contribution in [0.15, 0.2) is 5.16 Å². The maximum Gasteiger partial charge on any atom is 0.362 e. The fraction of sp³-hybridized carbons (Fsp3) is 0.857. The third kappa shape index (κ3) is 8.58. The molecule has 0 atom stereocenters. The van der Waals surface area contributed by atoms with Crippen molar-refractivity contribution in [1.82, 2.24) is 0 Å². The number of carbonyl (C=O) groups is 1. The van der Waals surface area contributed by atoms with Crippen molar-refractivity contribution in [3.8, 4) is 0 Å². The van der Waals surface area contributed by atoms with E-state index in [1.807, 2.05) is 19.6 Å². The maximum atomic E-state index is 12.1. The van der Waals surface area contributed by atoms with Crippen molar-refractivity contribution in [2.45, 2.75) is 47.3 Å². The van der Waals surface area contributed by atoms with Gasteiger partial charge < -0.3 is 30.7 Å². The van der Waals surface area contributed by atoms with Gasteiger partial charge in [0, 0.05) is 0 Å². The van der Waals surface area contributed by atoms with Crippen LogP contribution in [0, 0.1) is 0 Å². The molecule has 0 unspecified atom stereocenters. The lowest BCUT2D eigenvalue weighted by Crippen LogP contribution is -3.00. The van der Waals surface area contributed by atoms with Crippen LogP contribution in [0.5, 0.6) is 0 Å². The van der Waals surface area contributed by atoms with E-state index >= 15 is 0 Å². The second-order valence-corrected chi connectivity index (χ2v) is 10.3. The van der Waals surface area contributed by atoms with Crippen molar-refractivity contribution < 1.29 is 35.5 Å². The van der Waals surface area contributed by atoms with E-state index in [2.05, 4.69) is 25.9 Å². The quantitative estimate of drug-likeness (QED) is 0.180. The van der Waals surface area contributed by atoms with E-state index in [9.17, 15) is 4.79 Å². The van der Waals surface area contributed by atoms with Crippen molar-refractivity contribution >= 4 is 20.0 Å². The summed E-state index contributed by atoms with van der Waals surface area (Å²) >= 11 is 0. The molecule has 0 aliphatic heterocycles. The molecule has 0 saturated heterocycles. The summed E-state index contributed by atoms with van der Waals surface area (Å²) < 4.78 is 11.5. The van der Waals surface area contributed by atoms with E-state index in [1.165, 1.54) is 0 Å². The first-order chi connectivity index (χ1) is 9.23. The van der Waals surface area contributed by atoms with Gasteiger partial charge in [-0.25, -0.2) is 4.79 Å². The summed E-state index contributed by atoms with van der Waals surface area (Å²) in [5, 5.41) is 4.13. The molecule has 126 valence electrons. The van der Waals surface area contributed by atoms with Gasteiger partial charge in [-0.1, -0.05) is 5.16 Å². The number of oxime groups is 1. The summed E-state index contributed by atoms with van der Waals surface area (Å²) in [5.41, 5.74) is 0.403. The lowest BCUT2D eigenvalue weighted by Gasteiger charge is -2.35. The SMILES string of the molecule is CCOC(=O)/C(C[N+](CC)(CC)CC)=N/O[Si](C)(C)C.[Br-]. The van der Waals surface area contributed by atoms with Gasteiger partial charge in [0.05, 0.1) is 26.2 Å². The Kier molecular flexibility index (Phi) is 11.3. The summed E-state index contributed by atoms with van der Waals surface area (Å²) in [4.78, 5) is 12.1. The summed E-state index contributed by atoms with van der Waals surface area (Å²) in [6.07, 6.45) is 0. The summed E-state index contributed by atoms with van der Waals surface area (Å²) in [5.74, 6) is -0.358. The van der Waals surface area contributed by atoms with Gasteiger partial charge in [-0.2, -0.15) is 0 Å². The Bertz CT molecular complexity index is 331. The molecule has 0 saturated carbocycles. The monoisotopic (exact) mass is 382 g/mol. The van der Waals surface area contributed by atoms with Crippen LogP contribution in [0.3, 0.4) is 0 Å². The number of halogens is 1. The first-order valence-corrected chi connectivity index (χ1v) is 10.9. The average molecular weight is 383 g/mol. The van der Waals surface area contributed by atoms with Crippen molar-refractivity contribution in [2.75, 3.05) is 32.8 Å². The molecule has 0 radical (unpaired) electrons. The topological polar surface area (TPSA) is 47.9 Å². The number of esters is 1. The molecule has 0 aromatic heterocycles. The van der Waals surface area contributed by atoms with Gasteiger partial charge in [-0.05, 0) is 47.3 Å². The van der Waals surface area contributed by atoms with Gasteiger partial charge >= 0.3 is 5.97 Å². The number of hydrogen-bond acceptors (Lipinski definition) is 4. The third-order valence-electron chi connectivity index (χ3n) is 3.44. The highest BCUT2D eigenvalue weighted by molar-refractivity contribution is 6.69. The predicted molar refractivity (Wildman–Crippen MR) is 85.2 cm³/mol. The van der Waals surface area contributed by atoms with Gasteiger partial charge in [-0.15, -0.1) is 0 Å². The van der Waals surface area contributed by atoms with Crippen molar-refractivity contribution in [3.05, 3.63) is 0 Å². The minimum atomic E-state index is -1.80. The minimum Gasteiger partial charge on any atom is -1.00 e. The average Bonchev–Trinajstić information content (AvgIpc) is 2.39. The highest BCUT2D eigenvalue weighted by Gasteiger charge is 2.29. The van der Waals surface area contributed by atoms with Crippen LogP contribution in [-0.2, 0) is 14.1 Å². The van der Waals surface area contributed by atoms with E-state index < -0.39 is 8.32 Å². The van der Waals surface area contributed by atoms with E-state index in [0.717, 1.165) is 24.1 Å². The zero-order valence-corrected chi connectivity index (χ0v) is 17.1. The number of hydrogen-bond donors (Lipinski definition) is 0. The molecule has 0 rings (SSSR count). The normalized spacial score (nSPS) is 12.6. The van der Waals surface area contributed by atoms with Gasteiger partial charge in [0.15, 0.2) is 0 Å². The first kappa shape index (κ1) is 22.9. The zero-order chi connectivity index (χ0) is 15.8. The molecule has 21 heavy (non-hydrogen) atoms. The maximum absolute atomic E-state index is 12.1. The van der Waals surface area contributed by atoms with Gasteiger partial charge in [0.25, 0.3) is 8.32 Å². The predicted octanol–water partition coefficient (Wildman–Crippen LogP) is -0.362. The van der Waals surface area contributed by atoms with Crippen molar-refractivity contribution in [1.29, 1.82) is 0 Å². The lowest BCUT2D eigenvalue weighted by atomic mass is 10.2. The molecular weight excluding hydrogens is 352 g/mol. The smallest absolute Gasteiger partial charge is 0.362 e. The Balaban J connectivity index is 0. The molecule has 7 heteroatoms. The molecule has 0 N–H and O–H groups in total. The molecule has 0 aliphatic rings. The van der Waals surface area contributed by atoms with Crippen LogP contribution in [0.4, 0.5) is 0 Å². The summed E-state index contributed by atoms with van der Waals surface area (Å²) in [6, 6.07) is 0. The fourth-order valence-electron chi connectivity index (χ4n) is 1.86. The Labute approximate surface area is 141 Å². The molecule has 0 heterocycles. The fourth-order valence-corrected chi connectivity index (χ4v) is 2.25. The van der Waals surface area contributed by atoms with Crippen molar-refractivity contribution in [3.63, 3.8) is 0 Å². The number of nitrogens with zero attached hydrogens (tertiary/aromatic N) is 2. The molecular formula is C14H31BrN2O3Si. The second kappa shape index (κ2) is 10.3. The largest absolute Gasteiger partial charge is 1.00 e. The Morgan fingerprint density at radius 2 is 1.52 bits per heavy atom. The Hall–Kier alpha value is -0.403. The Morgan fingerprint density at radius 3 is 1.86 bits per heavy atom. The molecule has 5 nitrogen and oxygen atoms in total. The summed E-state index contributed by atoms with van der Waals surface area (Å²) in [7, 11) is -1.80. The number of rotatable bonds is 9. The van der Waals surface area contributed by atoms with Crippen LogP contribution < -0.4 is 17.0 Å². The first-order valence-electron chi connectivity index (χ1n) is 7.50. The third-order valence-corrected chi connectivity index (χ3v) is 4.08. The van der Waals surface area contributed by atoms with Crippen molar-refractivity contribution in [2.24, 2.45) is 5.16 Å². The molecule has 0 fully saturated rings. The lowest BCUT2D eigenvalue weighted by molar-refractivity contribution is -0.914. The zero-order valence-electron chi connectivity index (χ0n) is 14.5. The van der Waals surface area contributed by atoms with Crippen LogP contribution in [0.25, 0.3) is 0 Å². The molecule has 0 aliphatic carbocycles. The number of ether oxygens (including phenoxy) is 1. The molecule has 0 aromatic carbocycles. The minimum absolute atomic E-state index is 0. The molecule has 0 spiro atoms. The number of carbonyl (C=O) groups excluding carboxylic acids is 1. The highest BCUT2D eigenvalue weighted by Crippen LogP contribution is 2.09. The van der Waals surface area contributed by atoms with Crippen LogP contribution in [0.2, 0.25) is 19.6 Å². The standard InChI is InChI=1S/C14H31N2O3Si.BrH/c1-8-16(9-2,10-3)12-13(14(17)18-11-4)15-19-20(5,6)7;/h8-12H2,1-7H3;1H/q+1;/p-1/b15-13+;. The van der Waals surface area contributed by atoms with Gasteiger partial charge in [0.1, 0.15) is 6.54 Å². The molecule has 0 bridgehead atoms. The highest BCUT2D eigenvalue weighted by atomic mass is 79.9. The number of quaternary nitrogens is 1. The van der Waals surface area contributed by atoms with E-state index in [-0.39, 0.29) is 23.0 Å². The van der Waals surface area contributed by atoms with E-state index in [0.29, 0.717) is 18.9 Å². The molecule has 0 aromatic rings. The summed E-state index contributed by atoms with van der Waals surface area (Å²) in [6.45, 7) is 18.1. The van der Waals surface area contributed by atoms with Crippen LogP contribution in [-0.4, -0.2) is 57.3 Å².